The first-order valence-electron chi connectivity index (χ1n) is 13.2. The van der Waals surface area contributed by atoms with Crippen LogP contribution < -0.4 is 19.1 Å². The number of benzene rings is 3. The number of nitrogens with one attached hydrogen (secondary N) is 1. The second kappa shape index (κ2) is 13.5. The molecule has 0 heterocycles. The zero-order valence-corrected chi connectivity index (χ0v) is 25.3. The molecule has 1 atom stereocenters. The largest absolute Gasteiger partial charge is 0.493 e. The van der Waals surface area contributed by atoms with Crippen molar-refractivity contribution < 1.29 is 27.5 Å². The zero-order chi connectivity index (χ0) is 30.2. The maximum absolute atomic E-state index is 14.1. The topological polar surface area (TPSA) is 105 Å². The van der Waals surface area contributed by atoms with E-state index in [9.17, 15) is 18.0 Å². The Morgan fingerprint density at radius 3 is 1.93 bits per heavy atom. The lowest BCUT2D eigenvalue weighted by molar-refractivity contribution is -0.140. The number of rotatable bonds is 12. The minimum absolute atomic E-state index is 0.109. The zero-order valence-electron chi connectivity index (χ0n) is 24.5. The molecule has 10 heteroatoms. The molecule has 220 valence electrons. The van der Waals surface area contributed by atoms with Gasteiger partial charge in [-0.1, -0.05) is 60.7 Å². The van der Waals surface area contributed by atoms with Gasteiger partial charge < -0.3 is 19.7 Å². The number of hydrogen-bond donors (Lipinski definition) is 1. The van der Waals surface area contributed by atoms with Crippen molar-refractivity contribution in [3.8, 4) is 11.5 Å². The molecular weight excluding hydrogens is 542 g/mol. The maximum Gasteiger partial charge on any atom is 0.244 e. The average molecular weight is 582 g/mol. The second-order valence-corrected chi connectivity index (χ2v) is 12.7. The van der Waals surface area contributed by atoms with Gasteiger partial charge in [-0.05, 0) is 44.0 Å². The molecule has 9 nitrogen and oxygen atoms in total. The van der Waals surface area contributed by atoms with E-state index >= 15 is 0 Å². The molecule has 2 amide bonds. The standard InChI is InChI=1S/C31H39N3O6S/c1-31(2,3)32-30(36)26(19-23-13-9-7-10-14-23)33(21-24-15-11-8-12-16-24)29(35)22-34(41(6,37)38)25-17-18-27(39-4)28(20-25)40-5/h7-18,20,26H,19,21-22H2,1-6H3,(H,32,36). The van der Waals surface area contributed by atoms with Gasteiger partial charge >= 0.3 is 0 Å². The van der Waals surface area contributed by atoms with Crippen LogP contribution in [0.2, 0.25) is 0 Å². The van der Waals surface area contributed by atoms with Crippen molar-refractivity contribution in [2.24, 2.45) is 0 Å². The highest BCUT2D eigenvalue weighted by atomic mass is 32.2. The Balaban J connectivity index is 2.07. The summed E-state index contributed by atoms with van der Waals surface area (Å²) in [5.41, 5.74) is 1.36. The number of amides is 2. The van der Waals surface area contributed by atoms with Crippen LogP contribution in [0.4, 0.5) is 5.69 Å². The fourth-order valence-corrected chi connectivity index (χ4v) is 5.22. The number of nitrogens with zero attached hydrogens (tertiary/aromatic N) is 2. The van der Waals surface area contributed by atoms with Crippen LogP contribution in [0, 0.1) is 0 Å². The van der Waals surface area contributed by atoms with Crippen molar-refractivity contribution >= 4 is 27.5 Å². The summed E-state index contributed by atoms with van der Waals surface area (Å²) in [7, 11) is -0.985. The van der Waals surface area contributed by atoms with Crippen molar-refractivity contribution in [1.29, 1.82) is 0 Å². The minimum atomic E-state index is -3.91. The molecule has 3 aromatic rings. The quantitative estimate of drug-likeness (QED) is 0.346. The van der Waals surface area contributed by atoms with Crippen LogP contribution in [0.1, 0.15) is 31.9 Å². The summed E-state index contributed by atoms with van der Waals surface area (Å²) in [6, 6.07) is 22.5. The number of ether oxygens (including phenoxy) is 2. The number of carbonyl (C=O) groups excluding carboxylic acids is 2. The first kappa shape index (κ1) is 31.5. The Hall–Kier alpha value is -4.05. The van der Waals surface area contributed by atoms with Crippen LogP contribution in [0.25, 0.3) is 0 Å². The van der Waals surface area contributed by atoms with Gasteiger partial charge in [0.1, 0.15) is 12.6 Å². The van der Waals surface area contributed by atoms with Gasteiger partial charge in [-0.3, -0.25) is 13.9 Å². The lowest BCUT2D eigenvalue weighted by Gasteiger charge is -2.35. The molecule has 1 unspecified atom stereocenters. The van der Waals surface area contributed by atoms with Crippen LogP contribution in [0.3, 0.4) is 0 Å². The van der Waals surface area contributed by atoms with E-state index in [0.29, 0.717) is 11.5 Å². The molecule has 3 aromatic carbocycles. The summed E-state index contributed by atoms with van der Waals surface area (Å²) < 4.78 is 37.6. The molecule has 0 fully saturated rings. The summed E-state index contributed by atoms with van der Waals surface area (Å²) in [6.07, 6.45) is 1.28. The Labute approximate surface area is 243 Å². The third-order valence-electron chi connectivity index (χ3n) is 6.30. The van der Waals surface area contributed by atoms with Gasteiger partial charge in [-0.2, -0.15) is 0 Å². The van der Waals surface area contributed by atoms with E-state index in [2.05, 4.69) is 5.32 Å². The van der Waals surface area contributed by atoms with E-state index in [1.165, 1.54) is 25.2 Å². The molecule has 0 saturated heterocycles. The van der Waals surface area contributed by atoms with Gasteiger partial charge in [0.15, 0.2) is 11.5 Å². The van der Waals surface area contributed by atoms with Gasteiger partial charge in [-0.15, -0.1) is 0 Å². The first-order valence-corrected chi connectivity index (χ1v) is 15.1. The van der Waals surface area contributed by atoms with Crippen molar-refractivity contribution in [2.45, 2.75) is 45.3 Å². The molecule has 0 saturated carbocycles. The van der Waals surface area contributed by atoms with E-state index in [4.69, 9.17) is 9.47 Å². The first-order chi connectivity index (χ1) is 19.3. The van der Waals surface area contributed by atoms with Gasteiger partial charge in [0.25, 0.3) is 0 Å². The monoisotopic (exact) mass is 581 g/mol. The highest BCUT2D eigenvalue weighted by Crippen LogP contribution is 2.32. The molecule has 3 rings (SSSR count). The Bertz CT molecular complexity index is 1420. The van der Waals surface area contributed by atoms with E-state index in [1.807, 2.05) is 81.4 Å². The molecule has 0 aliphatic heterocycles. The van der Waals surface area contributed by atoms with Crippen LogP contribution in [0.15, 0.2) is 78.9 Å². The molecule has 1 N–H and O–H groups in total. The second-order valence-electron chi connectivity index (χ2n) is 10.8. The van der Waals surface area contributed by atoms with Crippen molar-refractivity contribution in [3.05, 3.63) is 90.0 Å². The molecule has 0 spiro atoms. The summed E-state index contributed by atoms with van der Waals surface area (Å²) in [4.78, 5) is 29.3. The molecular formula is C31H39N3O6S. The normalized spacial score (nSPS) is 12.2. The minimum Gasteiger partial charge on any atom is -0.493 e. The van der Waals surface area contributed by atoms with E-state index in [-0.39, 0.29) is 24.6 Å². The Morgan fingerprint density at radius 2 is 1.41 bits per heavy atom. The van der Waals surface area contributed by atoms with Crippen LogP contribution >= 0.6 is 0 Å². The van der Waals surface area contributed by atoms with Crippen molar-refractivity contribution in [2.75, 3.05) is 31.3 Å². The summed E-state index contributed by atoms with van der Waals surface area (Å²) in [5, 5.41) is 3.01. The number of methoxy groups -OCH3 is 2. The maximum atomic E-state index is 14.1. The summed E-state index contributed by atoms with van der Waals surface area (Å²) in [5.74, 6) is -0.121. The SMILES string of the molecule is COc1ccc(N(CC(=O)N(Cc2ccccc2)C(Cc2ccccc2)C(=O)NC(C)(C)C)S(C)(=O)=O)cc1OC. The molecule has 0 aliphatic rings. The van der Waals surface area contributed by atoms with Crippen molar-refractivity contribution in [1.82, 2.24) is 10.2 Å². The van der Waals surface area contributed by atoms with Crippen molar-refractivity contribution in [3.63, 3.8) is 0 Å². The molecule has 41 heavy (non-hydrogen) atoms. The summed E-state index contributed by atoms with van der Waals surface area (Å²) in [6.45, 7) is 5.20. The highest BCUT2D eigenvalue weighted by Gasteiger charge is 2.34. The lowest BCUT2D eigenvalue weighted by atomic mass is 10.0. The molecule has 0 aromatic heterocycles. The van der Waals surface area contributed by atoms with Crippen LogP contribution in [0.5, 0.6) is 11.5 Å². The van der Waals surface area contributed by atoms with Gasteiger partial charge in [0, 0.05) is 24.6 Å². The highest BCUT2D eigenvalue weighted by molar-refractivity contribution is 7.92. The molecule has 0 radical (unpaired) electrons. The van der Waals surface area contributed by atoms with E-state index in [0.717, 1.165) is 21.7 Å². The van der Waals surface area contributed by atoms with Crippen LogP contribution in [-0.4, -0.2) is 63.7 Å². The molecule has 0 bridgehead atoms. The predicted molar refractivity (Wildman–Crippen MR) is 161 cm³/mol. The Morgan fingerprint density at radius 1 is 0.854 bits per heavy atom. The third kappa shape index (κ3) is 8.97. The fraction of sp³-hybridized carbons (Fsp3) is 0.355. The van der Waals surface area contributed by atoms with E-state index in [1.54, 1.807) is 12.1 Å². The average Bonchev–Trinajstić information content (AvgIpc) is 2.92. The number of sulfonamides is 1. The van der Waals surface area contributed by atoms with E-state index < -0.39 is 34.1 Å². The number of anilines is 1. The fourth-order valence-electron chi connectivity index (χ4n) is 4.38. The predicted octanol–water partition coefficient (Wildman–Crippen LogP) is 4.02. The van der Waals surface area contributed by atoms with Crippen LogP contribution in [-0.2, 0) is 32.6 Å². The Kier molecular flexibility index (Phi) is 10.4. The molecule has 0 aliphatic carbocycles. The summed E-state index contributed by atoms with van der Waals surface area (Å²) >= 11 is 0. The van der Waals surface area contributed by atoms with Gasteiger partial charge in [0.2, 0.25) is 21.8 Å². The number of carbonyl (C=O) groups is 2. The number of hydrogen-bond acceptors (Lipinski definition) is 6. The smallest absolute Gasteiger partial charge is 0.244 e. The van der Waals surface area contributed by atoms with Gasteiger partial charge in [-0.25, -0.2) is 8.42 Å². The van der Waals surface area contributed by atoms with Gasteiger partial charge in [0.05, 0.1) is 26.2 Å². The third-order valence-corrected chi connectivity index (χ3v) is 7.44. The lowest BCUT2D eigenvalue weighted by Crippen LogP contribution is -2.56.